The van der Waals surface area contributed by atoms with Crippen molar-refractivity contribution in [3.8, 4) is 5.75 Å². The molecular weight excluding hydrogens is 209 g/mol. The molecule has 0 amide bonds. The average molecular weight is 220 g/mol. The van der Waals surface area contributed by atoms with Gasteiger partial charge in [-0.05, 0) is 25.1 Å². The highest BCUT2D eigenvalue weighted by Crippen LogP contribution is 2.32. The largest absolute Gasteiger partial charge is 0.490 e. The fourth-order valence-corrected chi connectivity index (χ4v) is 1.38. The fraction of sp³-hybridized carbons (Fsp3) is 0.333. The third-order valence-corrected chi connectivity index (χ3v) is 2.11. The number of nitrogens with two attached hydrogens (primary N) is 1. The summed E-state index contributed by atoms with van der Waals surface area (Å²) in [5.41, 5.74) is 5.32. The van der Waals surface area contributed by atoms with E-state index >= 15 is 0 Å². The van der Waals surface area contributed by atoms with Gasteiger partial charge in [-0.1, -0.05) is 29.3 Å². The summed E-state index contributed by atoms with van der Waals surface area (Å²) in [5, 5.41) is 1.06. The van der Waals surface area contributed by atoms with E-state index in [1.54, 1.807) is 18.2 Å². The van der Waals surface area contributed by atoms with Gasteiger partial charge in [0.1, 0.15) is 0 Å². The van der Waals surface area contributed by atoms with Crippen molar-refractivity contribution in [3.05, 3.63) is 28.2 Å². The smallest absolute Gasteiger partial charge is 0.156 e. The Morgan fingerprint density at radius 2 is 1.85 bits per heavy atom. The topological polar surface area (TPSA) is 35.2 Å². The highest BCUT2D eigenvalue weighted by atomic mass is 35.5. The van der Waals surface area contributed by atoms with Gasteiger partial charge in [0.25, 0.3) is 0 Å². The molecule has 0 aliphatic rings. The number of ether oxygens (including phenoxy) is 1. The zero-order chi connectivity index (χ0) is 9.68. The maximum Gasteiger partial charge on any atom is 0.156 e. The number of hydrogen-bond acceptors (Lipinski definition) is 2. The van der Waals surface area contributed by atoms with Crippen molar-refractivity contribution in [3.63, 3.8) is 0 Å². The lowest BCUT2D eigenvalue weighted by molar-refractivity contribution is 0.314. The Hall–Kier alpha value is -0.440. The summed E-state index contributed by atoms with van der Waals surface area (Å²) in [4.78, 5) is 0. The van der Waals surface area contributed by atoms with Crippen LogP contribution < -0.4 is 10.5 Å². The Kier molecular flexibility index (Phi) is 4.36. The zero-order valence-electron chi connectivity index (χ0n) is 7.09. The first-order valence-corrected chi connectivity index (χ1v) is 4.78. The van der Waals surface area contributed by atoms with E-state index in [1.165, 1.54) is 0 Å². The van der Waals surface area contributed by atoms with Crippen LogP contribution in [0.15, 0.2) is 18.2 Å². The lowest BCUT2D eigenvalue weighted by Gasteiger charge is -2.08. The van der Waals surface area contributed by atoms with Gasteiger partial charge in [0.15, 0.2) is 5.75 Å². The molecule has 0 radical (unpaired) electrons. The molecule has 72 valence electrons. The van der Waals surface area contributed by atoms with Crippen LogP contribution in [-0.2, 0) is 0 Å². The number of halogens is 2. The molecule has 0 aliphatic carbocycles. The van der Waals surface area contributed by atoms with E-state index in [4.69, 9.17) is 33.7 Å². The third kappa shape index (κ3) is 3.07. The van der Waals surface area contributed by atoms with E-state index < -0.39 is 0 Å². The van der Waals surface area contributed by atoms with Gasteiger partial charge in [0.2, 0.25) is 0 Å². The van der Waals surface area contributed by atoms with E-state index in [0.717, 1.165) is 6.42 Å². The Morgan fingerprint density at radius 3 is 2.38 bits per heavy atom. The number of benzene rings is 1. The molecule has 13 heavy (non-hydrogen) atoms. The molecule has 0 atom stereocenters. The molecule has 0 bridgehead atoms. The summed E-state index contributed by atoms with van der Waals surface area (Å²) in [6.07, 6.45) is 0.793. The number of para-hydroxylation sites is 1. The van der Waals surface area contributed by atoms with Gasteiger partial charge in [0.05, 0.1) is 16.7 Å². The molecule has 0 unspecified atom stereocenters. The van der Waals surface area contributed by atoms with Crippen LogP contribution in [0, 0.1) is 0 Å². The van der Waals surface area contributed by atoms with Gasteiger partial charge < -0.3 is 10.5 Å². The van der Waals surface area contributed by atoms with E-state index in [1.807, 2.05) is 0 Å². The lowest BCUT2D eigenvalue weighted by Crippen LogP contribution is -2.06. The molecular formula is C9H11Cl2NO. The van der Waals surface area contributed by atoms with E-state index in [2.05, 4.69) is 0 Å². The van der Waals surface area contributed by atoms with Crippen LogP contribution in [0.2, 0.25) is 10.0 Å². The minimum Gasteiger partial charge on any atom is -0.490 e. The SMILES string of the molecule is NCCCOc1c(Cl)cccc1Cl. The molecule has 4 heteroatoms. The summed E-state index contributed by atoms with van der Waals surface area (Å²) in [7, 11) is 0. The number of rotatable bonds is 4. The van der Waals surface area contributed by atoms with Crippen molar-refractivity contribution >= 4 is 23.2 Å². The maximum absolute atomic E-state index is 5.87. The number of hydrogen-bond donors (Lipinski definition) is 1. The average Bonchev–Trinajstić information content (AvgIpc) is 2.10. The first kappa shape index (κ1) is 10.6. The highest BCUT2D eigenvalue weighted by molar-refractivity contribution is 6.37. The van der Waals surface area contributed by atoms with Gasteiger partial charge in [-0.2, -0.15) is 0 Å². The Morgan fingerprint density at radius 1 is 1.23 bits per heavy atom. The molecule has 0 aromatic heterocycles. The molecule has 2 nitrogen and oxygen atoms in total. The summed E-state index contributed by atoms with van der Waals surface area (Å²) in [6.45, 7) is 1.14. The van der Waals surface area contributed by atoms with Crippen LogP contribution >= 0.6 is 23.2 Å². The molecule has 0 spiro atoms. The van der Waals surface area contributed by atoms with Crippen LogP contribution in [0.1, 0.15) is 6.42 Å². The molecule has 0 saturated heterocycles. The van der Waals surface area contributed by atoms with Crippen molar-refractivity contribution in [1.82, 2.24) is 0 Å². The first-order chi connectivity index (χ1) is 6.25. The Bertz CT molecular complexity index is 258. The monoisotopic (exact) mass is 219 g/mol. The quantitative estimate of drug-likeness (QED) is 0.791. The van der Waals surface area contributed by atoms with Gasteiger partial charge in [0, 0.05) is 0 Å². The maximum atomic E-state index is 5.87. The van der Waals surface area contributed by atoms with Crippen LogP contribution in [0.3, 0.4) is 0 Å². The van der Waals surface area contributed by atoms with E-state index in [0.29, 0.717) is 28.9 Å². The molecule has 0 aliphatic heterocycles. The summed E-state index contributed by atoms with van der Waals surface area (Å²) < 4.78 is 5.36. The van der Waals surface area contributed by atoms with Crippen molar-refractivity contribution in [2.45, 2.75) is 6.42 Å². The van der Waals surface area contributed by atoms with Crippen LogP contribution in [0.25, 0.3) is 0 Å². The first-order valence-electron chi connectivity index (χ1n) is 4.02. The predicted molar refractivity (Wildman–Crippen MR) is 55.6 cm³/mol. The molecule has 0 heterocycles. The van der Waals surface area contributed by atoms with Gasteiger partial charge >= 0.3 is 0 Å². The second-order valence-electron chi connectivity index (χ2n) is 2.54. The third-order valence-electron chi connectivity index (χ3n) is 1.51. The molecule has 0 fully saturated rings. The zero-order valence-corrected chi connectivity index (χ0v) is 8.61. The second-order valence-corrected chi connectivity index (χ2v) is 3.36. The second kappa shape index (κ2) is 5.32. The minimum atomic E-state index is 0.532. The van der Waals surface area contributed by atoms with E-state index in [-0.39, 0.29) is 0 Å². The highest BCUT2D eigenvalue weighted by Gasteiger charge is 2.05. The van der Waals surface area contributed by atoms with Crippen molar-refractivity contribution in [2.75, 3.05) is 13.2 Å². The van der Waals surface area contributed by atoms with Crippen LogP contribution in [0.5, 0.6) is 5.75 Å². The Balaban J connectivity index is 2.64. The van der Waals surface area contributed by atoms with Crippen molar-refractivity contribution in [1.29, 1.82) is 0 Å². The van der Waals surface area contributed by atoms with Gasteiger partial charge in [-0.3, -0.25) is 0 Å². The summed E-state index contributed by atoms with van der Waals surface area (Å²) >= 11 is 11.7. The normalized spacial score (nSPS) is 10.1. The van der Waals surface area contributed by atoms with E-state index in [9.17, 15) is 0 Å². The van der Waals surface area contributed by atoms with Crippen LogP contribution in [0.4, 0.5) is 0 Å². The minimum absolute atomic E-state index is 0.532. The molecule has 0 saturated carbocycles. The van der Waals surface area contributed by atoms with Crippen LogP contribution in [-0.4, -0.2) is 13.2 Å². The molecule has 1 rings (SSSR count). The lowest BCUT2D eigenvalue weighted by atomic mass is 10.3. The standard InChI is InChI=1S/C9H11Cl2NO/c10-7-3-1-4-8(11)9(7)13-6-2-5-12/h1,3-4H,2,5-6,12H2. The summed E-state index contributed by atoms with van der Waals surface area (Å²) in [5.74, 6) is 0.541. The van der Waals surface area contributed by atoms with Crippen molar-refractivity contribution < 1.29 is 4.74 Å². The fourth-order valence-electron chi connectivity index (χ4n) is 0.878. The van der Waals surface area contributed by atoms with Crippen molar-refractivity contribution in [2.24, 2.45) is 5.73 Å². The molecule has 1 aromatic rings. The van der Waals surface area contributed by atoms with Gasteiger partial charge in [-0.15, -0.1) is 0 Å². The molecule has 1 aromatic carbocycles. The predicted octanol–water partition coefficient (Wildman–Crippen LogP) is 2.72. The molecule has 2 N–H and O–H groups in total. The van der Waals surface area contributed by atoms with Gasteiger partial charge in [-0.25, -0.2) is 0 Å². The summed E-state index contributed by atoms with van der Waals surface area (Å²) in [6, 6.07) is 5.26. The Labute approximate surface area is 87.6 Å².